The molecular weight excluding hydrogens is 290 g/mol. The zero-order valence-corrected chi connectivity index (χ0v) is 10.4. The molecule has 0 spiro atoms. The van der Waals surface area contributed by atoms with E-state index in [0.29, 0.717) is 0 Å². The number of hydrogen-bond acceptors (Lipinski definition) is 3. The lowest BCUT2D eigenvalue weighted by Gasteiger charge is -2.09. The van der Waals surface area contributed by atoms with Crippen LogP contribution in [-0.2, 0) is 6.18 Å². The summed E-state index contributed by atoms with van der Waals surface area (Å²) >= 11 is 0. The lowest BCUT2D eigenvalue weighted by Crippen LogP contribution is -2.15. The molecule has 0 bridgehead atoms. The number of aromatic nitrogens is 1. The van der Waals surface area contributed by atoms with Gasteiger partial charge in [0.15, 0.2) is 0 Å². The molecule has 0 aliphatic carbocycles. The fourth-order valence-corrected chi connectivity index (χ4v) is 1.56. The molecule has 0 radical (unpaired) electrons. The van der Waals surface area contributed by atoms with Gasteiger partial charge in [0.05, 0.1) is 17.4 Å². The molecule has 0 fully saturated rings. The first-order chi connectivity index (χ1) is 9.77. The van der Waals surface area contributed by atoms with E-state index < -0.39 is 23.6 Å². The lowest BCUT2D eigenvalue weighted by molar-refractivity contribution is -0.141. The number of amides is 1. The van der Waals surface area contributed by atoms with Gasteiger partial charge in [-0.2, -0.15) is 13.2 Å². The zero-order valence-electron chi connectivity index (χ0n) is 10.4. The van der Waals surface area contributed by atoms with E-state index in [1.807, 2.05) is 0 Å². The molecule has 4 nitrogen and oxygen atoms in total. The van der Waals surface area contributed by atoms with E-state index in [4.69, 9.17) is 5.73 Å². The molecule has 0 saturated heterocycles. The van der Waals surface area contributed by atoms with E-state index in [9.17, 15) is 22.4 Å². The van der Waals surface area contributed by atoms with Gasteiger partial charge >= 0.3 is 6.18 Å². The van der Waals surface area contributed by atoms with Gasteiger partial charge in [0.2, 0.25) is 0 Å². The van der Waals surface area contributed by atoms with Gasteiger partial charge in [-0.15, -0.1) is 0 Å². The number of nitrogen functional groups attached to an aromatic ring is 1. The van der Waals surface area contributed by atoms with E-state index in [1.165, 1.54) is 6.07 Å². The molecule has 1 heterocycles. The maximum absolute atomic E-state index is 13.1. The van der Waals surface area contributed by atoms with E-state index >= 15 is 0 Å². The monoisotopic (exact) mass is 299 g/mol. The summed E-state index contributed by atoms with van der Waals surface area (Å²) in [6, 6.07) is 5.01. The van der Waals surface area contributed by atoms with Crippen LogP contribution in [-0.4, -0.2) is 10.9 Å². The van der Waals surface area contributed by atoms with Crippen LogP contribution in [0.25, 0.3) is 0 Å². The minimum Gasteiger partial charge on any atom is -0.398 e. The first-order valence-electron chi connectivity index (χ1n) is 5.67. The van der Waals surface area contributed by atoms with Gasteiger partial charge in [-0.05, 0) is 30.3 Å². The average molecular weight is 299 g/mol. The Bertz CT molecular complexity index is 668. The Labute approximate surface area is 116 Å². The molecule has 21 heavy (non-hydrogen) atoms. The molecule has 8 heteroatoms. The van der Waals surface area contributed by atoms with Crippen molar-refractivity contribution >= 4 is 17.3 Å². The number of rotatable bonds is 2. The zero-order chi connectivity index (χ0) is 15.6. The number of alkyl halides is 3. The van der Waals surface area contributed by atoms with Crippen molar-refractivity contribution in [3.8, 4) is 0 Å². The van der Waals surface area contributed by atoms with Crippen LogP contribution in [0.1, 0.15) is 16.1 Å². The molecule has 1 amide bonds. The molecule has 2 rings (SSSR count). The minimum absolute atomic E-state index is 0.0386. The lowest BCUT2D eigenvalue weighted by atomic mass is 10.1. The van der Waals surface area contributed by atoms with E-state index in [0.717, 1.165) is 30.5 Å². The summed E-state index contributed by atoms with van der Waals surface area (Å²) in [6.45, 7) is 0. The van der Waals surface area contributed by atoms with Crippen molar-refractivity contribution in [2.75, 3.05) is 11.1 Å². The van der Waals surface area contributed by atoms with Gasteiger partial charge in [0, 0.05) is 5.69 Å². The molecule has 110 valence electrons. The first-order valence-corrected chi connectivity index (χ1v) is 5.67. The fourth-order valence-electron chi connectivity index (χ4n) is 1.56. The summed E-state index contributed by atoms with van der Waals surface area (Å²) < 4.78 is 50.1. The van der Waals surface area contributed by atoms with Gasteiger partial charge in [-0.3, -0.25) is 4.79 Å². The van der Waals surface area contributed by atoms with Crippen LogP contribution in [0.15, 0.2) is 36.5 Å². The Morgan fingerprint density at radius 3 is 2.48 bits per heavy atom. The number of pyridine rings is 1. The highest BCUT2D eigenvalue weighted by Gasteiger charge is 2.32. The van der Waals surface area contributed by atoms with E-state index in [1.54, 1.807) is 0 Å². The number of hydrogen-bond donors (Lipinski definition) is 2. The summed E-state index contributed by atoms with van der Waals surface area (Å²) in [7, 11) is 0. The van der Waals surface area contributed by atoms with Crippen molar-refractivity contribution in [1.29, 1.82) is 0 Å². The third kappa shape index (κ3) is 3.47. The van der Waals surface area contributed by atoms with Crippen LogP contribution in [0.2, 0.25) is 0 Å². The quantitative estimate of drug-likeness (QED) is 0.661. The Morgan fingerprint density at radius 2 is 1.90 bits per heavy atom. The highest BCUT2D eigenvalue weighted by atomic mass is 19.4. The normalized spacial score (nSPS) is 11.2. The topological polar surface area (TPSA) is 68.0 Å². The van der Waals surface area contributed by atoms with Crippen LogP contribution >= 0.6 is 0 Å². The maximum Gasteiger partial charge on any atom is 0.433 e. The summed E-state index contributed by atoms with van der Waals surface area (Å²) in [5.41, 5.74) is 4.43. The number of benzene rings is 1. The second kappa shape index (κ2) is 5.39. The molecule has 1 aromatic carbocycles. The van der Waals surface area contributed by atoms with E-state index in [2.05, 4.69) is 10.3 Å². The number of nitrogens with zero attached hydrogens (tertiary/aromatic N) is 1. The number of nitrogens with one attached hydrogen (secondary N) is 1. The molecule has 1 aromatic heterocycles. The van der Waals surface area contributed by atoms with Crippen molar-refractivity contribution < 1.29 is 22.4 Å². The van der Waals surface area contributed by atoms with Crippen molar-refractivity contribution in [2.24, 2.45) is 0 Å². The van der Waals surface area contributed by atoms with Crippen molar-refractivity contribution in [2.45, 2.75) is 6.18 Å². The molecule has 3 N–H and O–H groups in total. The Hall–Kier alpha value is -2.64. The van der Waals surface area contributed by atoms with Crippen LogP contribution in [0.3, 0.4) is 0 Å². The predicted molar refractivity (Wildman–Crippen MR) is 68.0 cm³/mol. The minimum atomic E-state index is -4.56. The molecule has 0 aliphatic rings. The number of halogens is 4. The Balaban J connectivity index is 2.18. The van der Waals surface area contributed by atoms with Crippen molar-refractivity contribution in [3.05, 3.63) is 53.6 Å². The van der Waals surface area contributed by atoms with Gasteiger partial charge in [-0.1, -0.05) is 0 Å². The maximum atomic E-state index is 13.1. The summed E-state index contributed by atoms with van der Waals surface area (Å²) in [4.78, 5) is 15.1. The standard InChI is InChI=1S/C13H9F4N3O/c14-7-1-3-10(18)9(5-7)12(21)20-8-2-4-11(19-6-8)13(15,16)17/h1-6H,18H2,(H,20,21). The number of nitrogens with two attached hydrogens (primary N) is 1. The van der Waals surface area contributed by atoms with Crippen molar-refractivity contribution in [1.82, 2.24) is 4.98 Å². The Kier molecular flexibility index (Phi) is 3.79. The largest absolute Gasteiger partial charge is 0.433 e. The fraction of sp³-hybridized carbons (Fsp3) is 0.0769. The van der Waals surface area contributed by atoms with E-state index in [-0.39, 0.29) is 16.9 Å². The smallest absolute Gasteiger partial charge is 0.398 e. The highest BCUT2D eigenvalue weighted by Crippen LogP contribution is 2.28. The first kappa shape index (κ1) is 14.8. The SMILES string of the molecule is Nc1ccc(F)cc1C(=O)Nc1ccc(C(F)(F)F)nc1. The number of anilines is 2. The van der Waals surface area contributed by atoms with Gasteiger partial charge in [-0.25, -0.2) is 9.37 Å². The third-order valence-electron chi connectivity index (χ3n) is 2.57. The van der Waals surface area contributed by atoms with Gasteiger partial charge in [0.25, 0.3) is 5.91 Å². The Morgan fingerprint density at radius 1 is 1.19 bits per heavy atom. The van der Waals surface area contributed by atoms with Crippen LogP contribution in [0.4, 0.5) is 28.9 Å². The predicted octanol–water partition coefficient (Wildman–Crippen LogP) is 3.07. The molecular formula is C13H9F4N3O. The number of carbonyl (C=O) groups is 1. The average Bonchev–Trinajstić information content (AvgIpc) is 2.41. The molecule has 0 unspecified atom stereocenters. The number of carbonyl (C=O) groups excluding carboxylic acids is 1. The van der Waals surface area contributed by atoms with Gasteiger partial charge in [0.1, 0.15) is 11.5 Å². The van der Waals surface area contributed by atoms with Gasteiger partial charge < -0.3 is 11.1 Å². The molecule has 0 atom stereocenters. The van der Waals surface area contributed by atoms with Crippen LogP contribution in [0, 0.1) is 5.82 Å². The second-order valence-electron chi connectivity index (χ2n) is 4.12. The second-order valence-corrected chi connectivity index (χ2v) is 4.12. The summed E-state index contributed by atoms with van der Waals surface area (Å²) in [5.74, 6) is -1.39. The highest BCUT2D eigenvalue weighted by molar-refractivity contribution is 6.07. The van der Waals surface area contributed by atoms with Crippen LogP contribution < -0.4 is 11.1 Å². The third-order valence-corrected chi connectivity index (χ3v) is 2.57. The van der Waals surface area contributed by atoms with Crippen LogP contribution in [0.5, 0.6) is 0 Å². The summed E-state index contributed by atoms with van der Waals surface area (Å²) in [6.07, 6.45) is -3.70. The summed E-state index contributed by atoms with van der Waals surface area (Å²) in [5, 5.41) is 2.29. The molecule has 0 aliphatic heterocycles. The molecule has 2 aromatic rings. The van der Waals surface area contributed by atoms with Crippen molar-refractivity contribution in [3.63, 3.8) is 0 Å². The molecule has 0 saturated carbocycles.